The molecule has 1 aromatic rings. The van der Waals surface area contributed by atoms with Crippen LogP contribution < -0.4 is 10.9 Å². The standard InChI is InChI=1S/C13H18N2O2/c1-2-4-13(5-6-13)9-15-12(17)10-3-7-14-11(16)8-10/h3,7-8H,2,4-6,9H2,1H3,(H,14,16)(H,15,17). The molecule has 0 unspecified atom stereocenters. The van der Waals surface area contributed by atoms with Crippen molar-refractivity contribution in [3.05, 3.63) is 34.2 Å². The van der Waals surface area contributed by atoms with Crippen molar-refractivity contribution in [1.82, 2.24) is 10.3 Å². The average Bonchev–Trinajstić information content (AvgIpc) is 3.07. The quantitative estimate of drug-likeness (QED) is 0.814. The lowest BCUT2D eigenvalue weighted by Crippen LogP contribution is -2.30. The number of carbonyl (C=O) groups is 1. The highest BCUT2D eigenvalue weighted by Crippen LogP contribution is 2.48. The van der Waals surface area contributed by atoms with E-state index in [1.54, 1.807) is 6.07 Å². The van der Waals surface area contributed by atoms with Gasteiger partial charge in [0.1, 0.15) is 0 Å². The smallest absolute Gasteiger partial charge is 0.251 e. The van der Waals surface area contributed by atoms with E-state index in [4.69, 9.17) is 0 Å². The Morgan fingerprint density at radius 3 is 2.88 bits per heavy atom. The first-order chi connectivity index (χ1) is 8.15. The summed E-state index contributed by atoms with van der Waals surface area (Å²) in [5, 5.41) is 2.92. The van der Waals surface area contributed by atoms with E-state index in [-0.39, 0.29) is 11.5 Å². The molecule has 1 saturated carbocycles. The van der Waals surface area contributed by atoms with E-state index in [0.717, 1.165) is 13.0 Å². The summed E-state index contributed by atoms with van der Waals surface area (Å²) >= 11 is 0. The Balaban J connectivity index is 1.92. The highest BCUT2D eigenvalue weighted by Gasteiger charge is 2.41. The fraction of sp³-hybridized carbons (Fsp3) is 0.538. The van der Waals surface area contributed by atoms with Gasteiger partial charge in [0, 0.05) is 24.4 Å². The third-order valence-electron chi connectivity index (χ3n) is 3.40. The Morgan fingerprint density at radius 2 is 2.29 bits per heavy atom. The van der Waals surface area contributed by atoms with Gasteiger partial charge in [-0.3, -0.25) is 9.59 Å². The molecular weight excluding hydrogens is 216 g/mol. The van der Waals surface area contributed by atoms with E-state index in [9.17, 15) is 9.59 Å². The van der Waals surface area contributed by atoms with Gasteiger partial charge in [-0.15, -0.1) is 0 Å². The maximum Gasteiger partial charge on any atom is 0.251 e. The largest absolute Gasteiger partial charge is 0.351 e. The van der Waals surface area contributed by atoms with E-state index in [1.807, 2.05) is 0 Å². The molecule has 1 aromatic heterocycles. The number of pyridine rings is 1. The molecule has 1 aliphatic rings. The molecule has 0 aromatic carbocycles. The Hall–Kier alpha value is -1.58. The van der Waals surface area contributed by atoms with Crippen LogP contribution in [-0.2, 0) is 0 Å². The number of hydrogen-bond acceptors (Lipinski definition) is 2. The molecule has 92 valence electrons. The van der Waals surface area contributed by atoms with Crippen LogP contribution in [0.1, 0.15) is 43.0 Å². The van der Waals surface area contributed by atoms with Crippen LogP contribution >= 0.6 is 0 Å². The number of rotatable bonds is 5. The highest BCUT2D eigenvalue weighted by molar-refractivity contribution is 5.93. The van der Waals surface area contributed by atoms with Crippen LogP contribution in [0.25, 0.3) is 0 Å². The summed E-state index contributed by atoms with van der Waals surface area (Å²) < 4.78 is 0. The molecule has 2 N–H and O–H groups in total. The molecular formula is C13H18N2O2. The van der Waals surface area contributed by atoms with E-state index in [1.165, 1.54) is 31.5 Å². The van der Waals surface area contributed by atoms with Crippen LogP contribution in [0, 0.1) is 5.41 Å². The molecule has 1 aliphatic carbocycles. The summed E-state index contributed by atoms with van der Waals surface area (Å²) in [5.41, 5.74) is 0.527. The number of H-pyrrole nitrogens is 1. The van der Waals surface area contributed by atoms with Gasteiger partial charge in [0.2, 0.25) is 5.56 Å². The third-order valence-corrected chi connectivity index (χ3v) is 3.40. The number of amides is 1. The Bertz CT molecular complexity index is 460. The van der Waals surface area contributed by atoms with Crippen molar-refractivity contribution >= 4 is 5.91 Å². The van der Waals surface area contributed by atoms with E-state index in [2.05, 4.69) is 17.2 Å². The number of nitrogens with one attached hydrogen (secondary N) is 2. The summed E-state index contributed by atoms with van der Waals surface area (Å²) in [4.78, 5) is 25.4. The van der Waals surface area contributed by atoms with Crippen LogP contribution in [-0.4, -0.2) is 17.4 Å². The monoisotopic (exact) mass is 234 g/mol. The normalized spacial score (nSPS) is 16.5. The maximum atomic E-state index is 11.8. The molecule has 1 heterocycles. The van der Waals surface area contributed by atoms with Crippen LogP contribution in [0.5, 0.6) is 0 Å². The minimum atomic E-state index is -0.243. The minimum Gasteiger partial charge on any atom is -0.351 e. The summed E-state index contributed by atoms with van der Waals surface area (Å²) in [6, 6.07) is 2.95. The first kappa shape index (κ1) is 11.9. The van der Waals surface area contributed by atoms with Gasteiger partial charge in [0.25, 0.3) is 5.91 Å². The predicted molar refractivity (Wildman–Crippen MR) is 66.0 cm³/mol. The molecule has 1 fully saturated rings. The molecule has 0 spiro atoms. The second-order valence-electron chi connectivity index (χ2n) is 4.87. The zero-order valence-electron chi connectivity index (χ0n) is 10.1. The molecule has 0 bridgehead atoms. The van der Waals surface area contributed by atoms with Gasteiger partial charge >= 0.3 is 0 Å². The zero-order valence-corrected chi connectivity index (χ0v) is 10.1. The Kier molecular flexibility index (Phi) is 3.31. The Morgan fingerprint density at radius 1 is 1.53 bits per heavy atom. The number of aromatic nitrogens is 1. The van der Waals surface area contributed by atoms with Crippen molar-refractivity contribution in [2.75, 3.05) is 6.54 Å². The van der Waals surface area contributed by atoms with Crippen molar-refractivity contribution in [3.63, 3.8) is 0 Å². The molecule has 17 heavy (non-hydrogen) atoms. The van der Waals surface area contributed by atoms with Crippen molar-refractivity contribution in [3.8, 4) is 0 Å². The molecule has 4 heteroatoms. The van der Waals surface area contributed by atoms with E-state index < -0.39 is 0 Å². The number of carbonyl (C=O) groups excluding carboxylic acids is 1. The predicted octanol–water partition coefficient (Wildman–Crippen LogP) is 1.69. The van der Waals surface area contributed by atoms with Gasteiger partial charge < -0.3 is 10.3 Å². The first-order valence-corrected chi connectivity index (χ1v) is 6.12. The molecule has 2 rings (SSSR count). The molecule has 0 radical (unpaired) electrons. The second kappa shape index (κ2) is 4.73. The van der Waals surface area contributed by atoms with Gasteiger partial charge in [-0.05, 0) is 30.7 Å². The van der Waals surface area contributed by atoms with Gasteiger partial charge in [-0.1, -0.05) is 13.3 Å². The van der Waals surface area contributed by atoms with Gasteiger partial charge in [-0.2, -0.15) is 0 Å². The third kappa shape index (κ3) is 2.96. The van der Waals surface area contributed by atoms with Crippen molar-refractivity contribution in [1.29, 1.82) is 0 Å². The fourth-order valence-corrected chi connectivity index (χ4v) is 2.18. The Labute approximate surface area is 100 Å². The van der Waals surface area contributed by atoms with Gasteiger partial charge in [0.05, 0.1) is 0 Å². The van der Waals surface area contributed by atoms with E-state index in [0.29, 0.717) is 11.0 Å². The lowest BCUT2D eigenvalue weighted by Gasteiger charge is -2.14. The molecule has 0 atom stereocenters. The van der Waals surface area contributed by atoms with Crippen LogP contribution in [0.15, 0.2) is 23.1 Å². The van der Waals surface area contributed by atoms with Crippen molar-refractivity contribution < 1.29 is 4.79 Å². The summed E-state index contributed by atoms with van der Waals surface area (Å²) in [6.07, 6.45) is 6.23. The SMILES string of the molecule is CCCC1(CNC(=O)c2cc[nH]c(=O)c2)CC1. The fourth-order valence-electron chi connectivity index (χ4n) is 2.18. The van der Waals surface area contributed by atoms with Crippen LogP contribution in [0.2, 0.25) is 0 Å². The summed E-state index contributed by atoms with van der Waals surface area (Å²) in [6.45, 7) is 2.89. The average molecular weight is 234 g/mol. The minimum absolute atomic E-state index is 0.154. The van der Waals surface area contributed by atoms with Crippen LogP contribution in [0.3, 0.4) is 0 Å². The topological polar surface area (TPSA) is 62.0 Å². The second-order valence-corrected chi connectivity index (χ2v) is 4.87. The van der Waals surface area contributed by atoms with E-state index >= 15 is 0 Å². The van der Waals surface area contributed by atoms with Crippen molar-refractivity contribution in [2.24, 2.45) is 5.41 Å². The van der Waals surface area contributed by atoms with Gasteiger partial charge in [0.15, 0.2) is 0 Å². The summed E-state index contributed by atoms with van der Waals surface area (Å²) in [5.74, 6) is -0.154. The maximum absolute atomic E-state index is 11.8. The lowest BCUT2D eigenvalue weighted by atomic mass is 10.0. The van der Waals surface area contributed by atoms with Crippen molar-refractivity contribution in [2.45, 2.75) is 32.6 Å². The van der Waals surface area contributed by atoms with Crippen LogP contribution in [0.4, 0.5) is 0 Å². The zero-order chi connectivity index (χ0) is 12.3. The van der Waals surface area contributed by atoms with Gasteiger partial charge in [-0.25, -0.2) is 0 Å². The summed E-state index contributed by atoms with van der Waals surface area (Å²) in [7, 11) is 0. The molecule has 1 amide bonds. The number of hydrogen-bond donors (Lipinski definition) is 2. The number of aromatic amines is 1. The molecule has 0 aliphatic heterocycles. The first-order valence-electron chi connectivity index (χ1n) is 6.12. The molecule has 0 saturated heterocycles. The molecule has 4 nitrogen and oxygen atoms in total. The lowest BCUT2D eigenvalue weighted by molar-refractivity contribution is 0.0943. The highest BCUT2D eigenvalue weighted by atomic mass is 16.2.